The highest BCUT2D eigenvalue weighted by Crippen LogP contribution is 2.30. The van der Waals surface area contributed by atoms with Crippen LogP contribution in [0.3, 0.4) is 0 Å². The summed E-state index contributed by atoms with van der Waals surface area (Å²) < 4.78 is 58.0. The Morgan fingerprint density at radius 3 is 1.97 bits per heavy atom. The third kappa shape index (κ3) is 4.07. The second-order valence-electron chi connectivity index (χ2n) is 7.87. The van der Waals surface area contributed by atoms with Crippen molar-refractivity contribution in [3.05, 3.63) is 48.5 Å². The molecule has 2 fully saturated rings. The van der Waals surface area contributed by atoms with E-state index in [-0.39, 0.29) is 16.3 Å². The van der Waals surface area contributed by atoms with Crippen molar-refractivity contribution in [1.29, 1.82) is 0 Å². The predicted molar refractivity (Wildman–Crippen MR) is 121 cm³/mol. The van der Waals surface area contributed by atoms with Crippen LogP contribution in [-0.2, 0) is 24.8 Å². The zero-order valence-electron chi connectivity index (χ0n) is 17.8. The highest BCUT2D eigenvalue weighted by atomic mass is 32.2. The molecule has 1 atom stereocenters. The summed E-state index contributed by atoms with van der Waals surface area (Å²) in [6.45, 7) is 3.30. The Morgan fingerprint density at radius 2 is 1.47 bits per heavy atom. The fourth-order valence-electron chi connectivity index (χ4n) is 3.97. The molecule has 11 heteroatoms. The SMILES string of the molecule is COc1ccc(N2CCN(S(=O)(=O)c3ccc(N4C(=O)[C@@H](C)CS4(=O)=O)cc3)CC2)cc1. The average molecular weight is 480 g/mol. The summed E-state index contributed by atoms with van der Waals surface area (Å²) >= 11 is 0. The van der Waals surface area contributed by atoms with Crippen LogP contribution in [0.4, 0.5) is 11.4 Å². The van der Waals surface area contributed by atoms with Crippen molar-refractivity contribution in [3.63, 3.8) is 0 Å². The van der Waals surface area contributed by atoms with E-state index < -0.39 is 31.9 Å². The molecule has 0 bridgehead atoms. The first kappa shape index (κ1) is 22.6. The van der Waals surface area contributed by atoms with Gasteiger partial charge in [0.2, 0.25) is 26.0 Å². The Hall–Kier alpha value is -2.63. The van der Waals surface area contributed by atoms with Gasteiger partial charge in [0.05, 0.1) is 29.4 Å². The van der Waals surface area contributed by atoms with Gasteiger partial charge in [0.25, 0.3) is 0 Å². The summed E-state index contributed by atoms with van der Waals surface area (Å²) in [6, 6.07) is 13.1. The fourth-order valence-corrected chi connectivity index (χ4v) is 7.21. The van der Waals surface area contributed by atoms with E-state index in [1.54, 1.807) is 14.0 Å². The molecule has 0 unspecified atom stereocenters. The Labute approximate surface area is 188 Å². The van der Waals surface area contributed by atoms with Gasteiger partial charge in [-0.25, -0.2) is 21.1 Å². The molecule has 0 saturated carbocycles. The number of hydrogen-bond donors (Lipinski definition) is 0. The molecule has 0 N–H and O–H groups in total. The third-order valence-corrected chi connectivity index (χ3v) is 9.53. The van der Waals surface area contributed by atoms with E-state index in [2.05, 4.69) is 4.90 Å². The summed E-state index contributed by atoms with van der Waals surface area (Å²) in [6.07, 6.45) is 0. The number of benzene rings is 2. The zero-order valence-corrected chi connectivity index (χ0v) is 19.5. The number of piperazine rings is 1. The van der Waals surface area contributed by atoms with E-state index in [1.165, 1.54) is 28.6 Å². The Balaban J connectivity index is 1.46. The molecule has 9 nitrogen and oxygen atoms in total. The zero-order chi connectivity index (χ0) is 23.1. The van der Waals surface area contributed by atoms with Gasteiger partial charge >= 0.3 is 0 Å². The molecule has 4 rings (SSSR count). The molecule has 0 spiro atoms. The van der Waals surface area contributed by atoms with Crippen LogP contribution in [0.1, 0.15) is 6.92 Å². The second-order valence-corrected chi connectivity index (χ2v) is 11.7. The minimum absolute atomic E-state index is 0.0660. The van der Waals surface area contributed by atoms with Gasteiger partial charge in [0, 0.05) is 31.9 Å². The first-order valence-electron chi connectivity index (χ1n) is 10.2. The average Bonchev–Trinajstić information content (AvgIpc) is 3.00. The van der Waals surface area contributed by atoms with E-state index >= 15 is 0 Å². The lowest BCUT2D eigenvalue weighted by Crippen LogP contribution is -2.48. The largest absolute Gasteiger partial charge is 0.497 e. The Bertz CT molecular complexity index is 1200. The molecular formula is C21H25N3O6S2. The van der Waals surface area contributed by atoms with E-state index in [0.717, 1.165) is 15.7 Å². The van der Waals surface area contributed by atoms with Crippen LogP contribution >= 0.6 is 0 Å². The monoisotopic (exact) mass is 479 g/mol. The maximum Gasteiger partial charge on any atom is 0.244 e. The number of amides is 1. The molecule has 2 aliphatic heterocycles. The van der Waals surface area contributed by atoms with Crippen LogP contribution in [-0.4, -0.2) is 66.1 Å². The van der Waals surface area contributed by atoms with Crippen molar-refractivity contribution in [2.24, 2.45) is 5.92 Å². The molecule has 2 heterocycles. The maximum atomic E-state index is 13.1. The molecule has 2 aliphatic rings. The molecule has 0 aliphatic carbocycles. The van der Waals surface area contributed by atoms with Crippen LogP contribution in [0.15, 0.2) is 53.4 Å². The van der Waals surface area contributed by atoms with E-state index in [9.17, 15) is 21.6 Å². The van der Waals surface area contributed by atoms with Crippen LogP contribution in [0.2, 0.25) is 0 Å². The molecule has 1 amide bonds. The van der Waals surface area contributed by atoms with Gasteiger partial charge in [0.1, 0.15) is 5.75 Å². The van der Waals surface area contributed by atoms with Crippen molar-refractivity contribution >= 4 is 37.3 Å². The molecule has 2 aromatic carbocycles. The predicted octanol–water partition coefficient (Wildman–Crippen LogP) is 1.52. The van der Waals surface area contributed by atoms with Gasteiger partial charge in [-0.3, -0.25) is 4.79 Å². The second kappa shape index (κ2) is 8.38. The fraction of sp³-hybridized carbons (Fsp3) is 0.381. The molecule has 0 aromatic heterocycles. The number of nitrogens with zero attached hydrogens (tertiary/aromatic N) is 3. The summed E-state index contributed by atoms with van der Waals surface area (Å²) in [5.41, 5.74) is 1.15. The Kier molecular flexibility index (Phi) is 5.91. The number of rotatable bonds is 5. The summed E-state index contributed by atoms with van der Waals surface area (Å²) in [5, 5.41) is 0. The number of carbonyl (C=O) groups excluding carboxylic acids is 1. The van der Waals surface area contributed by atoms with Crippen LogP contribution in [0, 0.1) is 5.92 Å². The van der Waals surface area contributed by atoms with Gasteiger partial charge in [-0.15, -0.1) is 0 Å². The van der Waals surface area contributed by atoms with Gasteiger partial charge in [-0.2, -0.15) is 4.31 Å². The van der Waals surface area contributed by atoms with Crippen LogP contribution in [0.5, 0.6) is 5.75 Å². The van der Waals surface area contributed by atoms with Crippen LogP contribution in [0.25, 0.3) is 0 Å². The lowest BCUT2D eigenvalue weighted by atomic mass is 10.2. The van der Waals surface area contributed by atoms with Crippen molar-refractivity contribution in [1.82, 2.24) is 4.31 Å². The number of anilines is 2. The highest BCUT2D eigenvalue weighted by molar-refractivity contribution is 7.94. The number of ether oxygens (including phenoxy) is 1. The molecule has 32 heavy (non-hydrogen) atoms. The molecule has 0 radical (unpaired) electrons. The van der Waals surface area contributed by atoms with Gasteiger partial charge in [-0.05, 0) is 48.5 Å². The smallest absolute Gasteiger partial charge is 0.244 e. The van der Waals surface area contributed by atoms with Crippen molar-refractivity contribution in [3.8, 4) is 5.75 Å². The van der Waals surface area contributed by atoms with E-state index in [4.69, 9.17) is 4.74 Å². The number of methoxy groups -OCH3 is 1. The normalized spacial score (nSPS) is 21.7. The van der Waals surface area contributed by atoms with Gasteiger partial charge in [-0.1, -0.05) is 6.92 Å². The third-order valence-electron chi connectivity index (χ3n) is 5.75. The molecule has 2 saturated heterocycles. The number of hydrogen-bond acceptors (Lipinski definition) is 7. The van der Waals surface area contributed by atoms with Gasteiger partial charge in [0.15, 0.2) is 0 Å². The molecule has 2 aromatic rings. The number of sulfonamides is 2. The summed E-state index contributed by atoms with van der Waals surface area (Å²) in [5.74, 6) is -0.610. The molecule has 172 valence electrons. The van der Waals surface area contributed by atoms with Gasteiger partial charge < -0.3 is 9.64 Å². The minimum atomic E-state index is -3.74. The maximum absolute atomic E-state index is 13.1. The Morgan fingerprint density at radius 1 is 0.906 bits per heavy atom. The quantitative estimate of drug-likeness (QED) is 0.640. The van der Waals surface area contributed by atoms with Crippen molar-refractivity contribution < 1.29 is 26.4 Å². The summed E-state index contributed by atoms with van der Waals surface area (Å²) in [4.78, 5) is 14.4. The lowest BCUT2D eigenvalue weighted by Gasteiger charge is -2.35. The van der Waals surface area contributed by atoms with E-state index in [1.807, 2.05) is 24.3 Å². The summed E-state index contributed by atoms with van der Waals surface area (Å²) in [7, 11) is -5.87. The first-order valence-corrected chi connectivity index (χ1v) is 13.2. The first-order chi connectivity index (χ1) is 15.1. The number of carbonyl (C=O) groups is 1. The lowest BCUT2D eigenvalue weighted by molar-refractivity contribution is -0.119. The van der Waals surface area contributed by atoms with Crippen molar-refractivity contribution in [2.45, 2.75) is 11.8 Å². The molecular weight excluding hydrogens is 454 g/mol. The standard InChI is InChI=1S/C21H25N3O6S2/c1-16-15-31(26,27)24(21(16)25)18-5-9-20(10-6-18)32(28,29)23-13-11-22(12-14-23)17-3-7-19(30-2)8-4-17/h3-10,16H,11-15H2,1-2H3/t16-/m0/s1. The van der Waals surface area contributed by atoms with E-state index in [0.29, 0.717) is 26.2 Å². The highest BCUT2D eigenvalue weighted by Gasteiger charge is 2.42. The van der Waals surface area contributed by atoms with Crippen LogP contribution < -0.4 is 13.9 Å². The minimum Gasteiger partial charge on any atom is -0.497 e. The van der Waals surface area contributed by atoms with Crippen molar-refractivity contribution in [2.75, 3.05) is 48.2 Å². The topological polar surface area (TPSA) is 104 Å².